The fourth-order valence-electron chi connectivity index (χ4n) is 0.940. The highest BCUT2D eigenvalue weighted by atomic mass is 32.1. The van der Waals surface area contributed by atoms with Crippen molar-refractivity contribution >= 4 is 24.8 Å². The lowest BCUT2D eigenvalue weighted by atomic mass is 10.6. The fraction of sp³-hybridized carbons (Fsp3) is 0.625. The maximum atomic E-state index is 5.54. The highest BCUT2D eigenvalue weighted by Gasteiger charge is 2.11. The summed E-state index contributed by atoms with van der Waals surface area (Å²) in [6.07, 6.45) is 2.57. The molecule has 0 spiro atoms. The third-order valence-electron chi connectivity index (χ3n) is 1.40. The third-order valence-corrected chi connectivity index (χ3v) is 4.13. The molecule has 0 aliphatic heterocycles. The van der Waals surface area contributed by atoms with Gasteiger partial charge in [0.25, 0.3) is 0 Å². The number of aromatic nitrogens is 1. The van der Waals surface area contributed by atoms with Gasteiger partial charge in [-0.3, -0.25) is 0 Å². The van der Waals surface area contributed by atoms with Gasteiger partial charge in [0.1, 0.15) is 0 Å². The van der Waals surface area contributed by atoms with Crippen molar-refractivity contribution in [2.45, 2.75) is 20.0 Å². The summed E-state index contributed by atoms with van der Waals surface area (Å²) in [5, 5.41) is 0.600. The minimum absolute atomic E-state index is 0.600. The van der Waals surface area contributed by atoms with E-state index in [0.717, 1.165) is 11.0 Å². The molecule has 6 heteroatoms. The molecule has 14 heavy (non-hydrogen) atoms. The van der Waals surface area contributed by atoms with Gasteiger partial charge in [-0.15, -0.1) is 11.3 Å². The van der Waals surface area contributed by atoms with Crippen molar-refractivity contribution in [2.24, 2.45) is 0 Å². The Morgan fingerprint density at radius 2 is 2.07 bits per heavy atom. The number of hydrogen-bond acceptors (Lipinski definition) is 5. The van der Waals surface area contributed by atoms with E-state index >= 15 is 0 Å². The van der Waals surface area contributed by atoms with Gasteiger partial charge in [-0.25, -0.2) is 4.98 Å². The monoisotopic (exact) mass is 234 g/mol. The van der Waals surface area contributed by atoms with Gasteiger partial charge in [0, 0.05) is 11.1 Å². The van der Waals surface area contributed by atoms with E-state index in [2.05, 4.69) is 4.98 Å². The molecule has 0 radical (unpaired) electrons. The molecule has 0 aliphatic carbocycles. The van der Waals surface area contributed by atoms with Gasteiger partial charge in [0.15, 0.2) is 13.5 Å². The molecule has 0 saturated carbocycles. The molecule has 0 bridgehead atoms. The van der Waals surface area contributed by atoms with Gasteiger partial charge in [-0.1, -0.05) is 0 Å². The summed E-state index contributed by atoms with van der Waals surface area (Å²) >= 11 is 1.49. The second-order valence-electron chi connectivity index (χ2n) is 2.49. The Kier molecular flexibility index (Phi) is 5.33. The van der Waals surface area contributed by atoms with Crippen LogP contribution in [0.25, 0.3) is 0 Å². The molecule has 0 atom stereocenters. The number of anilines is 1. The maximum Gasteiger partial charge on any atom is 0.180 e. The van der Waals surface area contributed by atoms with Crippen LogP contribution in [0.4, 0.5) is 5.13 Å². The SMILES string of the molecule is CCOP(Cc1cnc(N)s1)OCC. The van der Waals surface area contributed by atoms with Crippen LogP contribution in [-0.2, 0) is 15.2 Å². The Bertz CT molecular complexity index is 264. The first-order chi connectivity index (χ1) is 6.76. The first kappa shape index (κ1) is 11.9. The van der Waals surface area contributed by atoms with Gasteiger partial charge in [0.2, 0.25) is 0 Å². The van der Waals surface area contributed by atoms with Crippen molar-refractivity contribution in [3.8, 4) is 0 Å². The third kappa shape index (κ3) is 3.88. The van der Waals surface area contributed by atoms with Crippen LogP contribution in [0.5, 0.6) is 0 Å². The molecule has 2 N–H and O–H groups in total. The molecule has 0 saturated heterocycles. The molecule has 1 aromatic heterocycles. The van der Waals surface area contributed by atoms with Crippen LogP contribution in [-0.4, -0.2) is 18.2 Å². The molecule has 0 fully saturated rings. The molecule has 0 aromatic carbocycles. The zero-order valence-electron chi connectivity index (χ0n) is 8.40. The summed E-state index contributed by atoms with van der Waals surface area (Å²) in [5.41, 5.74) is 5.54. The standard InChI is InChI=1S/C8H15N2O2PS/c1-3-11-13(12-4-2)6-7-5-10-8(9)14-7/h5H,3-4,6H2,1-2H3,(H2,9,10). The van der Waals surface area contributed by atoms with Crippen molar-refractivity contribution < 1.29 is 9.05 Å². The lowest BCUT2D eigenvalue weighted by Gasteiger charge is -2.13. The van der Waals surface area contributed by atoms with Crippen molar-refractivity contribution in [1.82, 2.24) is 4.98 Å². The predicted octanol–water partition coefficient (Wildman–Crippen LogP) is 2.61. The Hall–Kier alpha value is -0.220. The Morgan fingerprint density at radius 3 is 2.50 bits per heavy atom. The number of nitrogen functional groups attached to an aromatic ring is 1. The van der Waals surface area contributed by atoms with Crippen molar-refractivity contribution in [3.05, 3.63) is 11.1 Å². The van der Waals surface area contributed by atoms with Crippen LogP contribution in [0.15, 0.2) is 6.20 Å². The highest BCUT2D eigenvalue weighted by molar-refractivity contribution is 7.46. The average molecular weight is 234 g/mol. The summed E-state index contributed by atoms with van der Waals surface area (Å²) in [6, 6.07) is 0. The van der Waals surface area contributed by atoms with Crippen molar-refractivity contribution in [3.63, 3.8) is 0 Å². The first-order valence-corrected chi connectivity index (χ1v) is 6.67. The largest absolute Gasteiger partial charge is 0.375 e. The van der Waals surface area contributed by atoms with E-state index in [9.17, 15) is 0 Å². The highest BCUT2D eigenvalue weighted by Crippen LogP contribution is 2.43. The zero-order chi connectivity index (χ0) is 10.4. The van der Waals surface area contributed by atoms with E-state index in [4.69, 9.17) is 14.8 Å². The molecule has 0 amide bonds. The van der Waals surface area contributed by atoms with Crippen molar-refractivity contribution in [2.75, 3.05) is 18.9 Å². The van der Waals surface area contributed by atoms with Gasteiger partial charge in [0.05, 0.1) is 19.4 Å². The number of thiazole rings is 1. The van der Waals surface area contributed by atoms with Crippen molar-refractivity contribution in [1.29, 1.82) is 0 Å². The van der Waals surface area contributed by atoms with E-state index in [1.807, 2.05) is 13.8 Å². The summed E-state index contributed by atoms with van der Waals surface area (Å²) < 4.78 is 11.0. The molecule has 4 nitrogen and oxygen atoms in total. The minimum Gasteiger partial charge on any atom is -0.375 e. The van der Waals surface area contributed by atoms with Gasteiger partial charge in [-0.2, -0.15) is 0 Å². The topological polar surface area (TPSA) is 57.4 Å². The Morgan fingerprint density at radius 1 is 1.43 bits per heavy atom. The van der Waals surface area contributed by atoms with Crippen LogP contribution in [0.3, 0.4) is 0 Å². The summed E-state index contributed by atoms with van der Waals surface area (Å²) in [7, 11) is -0.809. The summed E-state index contributed by atoms with van der Waals surface area (Å²) in [6.45, 7) is 5.30. The summed E-state index contributed by atoms with van der Waals surface area (Å²) in [5.74, 6) is 0. The normalized spacial score (nSPS) is 11.1. The number of hydrogen-bond donors (Lipinski definition) is 1. The quantitative estimate of drug-likeness (QED) is 0.769. The number of nitrogens with two attached hydrogens (primary N) is 1. The van der Waals surface area contributed by atoms with Crippen LogP contribution < -0.4 is 5.73 Å². The zero-order valence-corrected chi connectivity index (χ0v) is 10.1. The first-order valence-electron chi connectivity index (χ1n) is 4.49. The molecular formula is C8H15N2O2PS. The van der Waals surface area contributed by atoms with Gasteiger partial charge < -0.3 is 14.8 Å². The lowest BCUT2D eigenvalue weighted by molar-refractivity contribution is 0.269. The average Bonchev–Trinajstić information content (AvgIpc) is 2.52. The summed E-state index contributed by atoms with van der Waals surface area (Å²) in [4.78, 5) is 5.11. The lowest BCUT2D eigenvalue weighted by Crippen LogP contribution is -1.92. The van der Waals surface area contributed by atoms with Crippen LogP contribution in [0.2, 0.25) is 0 Å². The second kappa shape index (κ2) is 6.30. The molecule has 0 unspecified atom stereocenters. The number of rotatable bonds is 6. The van der Waals surface area contributed by atoms with E-state index in [1.165, 1.54) is 11.3 Å². The van der Waals surface area contributed by atoms with E-state index in [0.29, 0.717) is 18.3 Å². The maximum absolute atomic E-state index is 5.54. The van der Waals surface area contributed by atoms with Gasteiger partial charge >= 0.3 is 0 Å². The second-order valence-corrected chi connectivity index (χ2v) is 5.14. The number of nitrogens with zero attached hydrogens (tertiary/aromatic N) is 1. The smallest absolute Gasteiger partial charge is 0.180 e. The van der Waals surface area contributed by atoms with Crippen LogP contribution >= 0.6 is 19.7 Å². The van der Waals surface area contributed by atoms with Crippen LogP contribution in [0.1, 0.15) is 18.7 Å². The molecule has 1 rings (SSSR count). The minimum atomic E-state index is -0.809. The molecule has 1 aromatic rings. The van der Waals surface area contributed by atoms with Crippen LogP contribution in [0, 0.1) is 0 Å². The molecule has 80 valence electrons. The molecular weight excluding hydrogens is 219 g/mol. The predicted molar refractivity (Wildman–Crippen MR) is 60.4 cm³/mol. The van der Waals surface area contributed by atoms with Gasteiger partial charge in [-0.05, 0) is 13.8 Å². The van der Waals surface area contributed by atoms with E-state index in [1.54, 1.807) is 6.20 Å². The Balaban J connectivity index is 2.46. The van der Waals surface area contributed by atoms with E-state index in [-0.39, 0.29) is 0 Å². The van der Waals surface area contributed by atoms with E-state index < -0.39 is 8.38 Å². The fourth-order valence-corrected chi connectivity index (χ4v) is 3.16. The Labute approximate surface area is 89.4 Å². The molecule has 1 heterocycles. The molecule has 0 aliphatic rings.